The van der Waals surface area contributed by atoms with Gasteiger partial charge in [0.25, 0.3) is 0 Å². The maximum Gasteiger partial charge on any atom is 0.310 e. The molecule has 0 unspecified atom stereocenters. The van der Waals surface area contributed by atoms with E-state index in [0.29, 0.717) is 13.0 Å². The Morgan fingerprint density at radius 2 is 2.14 bits per heavy atom. The van der Waals surface area contributed by atoms with E-state index in [0.717, 1.165) is 19.3 Å². The largest absolute Gasteiger partial charge is 0.469 e. The van der Waals surface area contributed by atoms with Crippen LogP contribution in [0.4, 0.5) is 0 Å². The third-order valence-electron chi connectivity index (χ3n) is 4.67. The van der Waals surface area contributed by atoms with Gasteiger partial charge in [-0.25, -0.2) is 0 Å². The average Bonchev–Trinajstić information content (AvgIpc) is 3.04. The zero-order valence-electron chi connectivity index (χ0n) is 12.8. The second-order valence-corrected chi connectivity index (χ2v) is 6.07. The Labute approximate surface area is 130 Å². The molecule has 0 bridgehead atoms. The van der Waals surface area contributed by atoms with Crippen LogP contribution in [0.5, 0.6) is 0 Å². The van der Waals surface area contributed by atoms with E-state index in [1.165, 1.54) is 18.2 Å². The van der Waals surface area contributed by atoms with Crippen LogP contribution in [-0.2, 0) is 20.7 Å². The molecule has 1 saturated heterocycles. The number of hydrogen-bond donors (Lipinski definition) is 2. The van der Waals surface area contributed by atoms with Gasteiger partial charge in [-0.2, -0.15) is 0 Å². The maximum absolute atomic E-state index is 12.5. The highest BCUT2D eigenvalue weighted by molar-refractivity contribution is 5.84. The van der Waals surface area contributed by atoms with Crippen LogP contribution < -0.4 is 10.6 Å². The maximum atomic E-state index is 12.5. The molecule has 1 heterocycles. The van der Waals surface area contributed by atoms with Crippen LogP contribution in [-0.4, -0.2) is 31.6 Å². The molecule has 118 valence electrons. The van der Waals surface area contributed by atoms with Crippen LogP contribution in [0.25, 0.3) is 0 Å². The molecule has 1 aliphatic carbocycles. The van der Waals surface area contributed by atoms with Crippen molar-refractivity contribution < 1.29 is 14.3 Å². The monoisotopic (exact) mass is 302 g/mol. The Bertz CT molecular complexity index is 573. The summed E-state index contributed by atoms with van der Waals surface area (Å²) in [5.41, 5.74) is 2.55. The van der Waals surface area contributed by atoms with Gasteiger partial charge in [0, 0.05) is 6.54 Å². The Morgan fingerprint density at radius 1 is 1.32 bits per heavy atom. The first-order valence-corrected chi connectivity index (χ1v) is 7.88. The SMILES string of the molecule is COC(=O)[C@@H]1CN[C@H](C(=O)N[C@@H]2CCCc3ccccc32)C1. The number of aryl methyl sites for hydroxylation is 1. The Morgan fingerprint density at radius 3 is 2.95 bits per heavy atom. The lowest BCUT2D eigenvalue weighted by Gasteiger charge is -2.27. The fourth-order valence-electron chi connectivity index (χ4n) is 3.46. The predicted molar refractivity (Wildman–Crippen MR) is 82.2 cm³/mol. The van der Waals surface area contributed by atoms with E-state index >= 15 is 0 Å². The standard InChI is InChI=1S/C17H22N2O3/c1-22-17(21)12-9-15(18-10-12)16(20)19-14-8-4-6-11-5-2-3-7-13(11)14/h2-3,5,7,12,14-15,18H,4,6,8-10H2,1H3,(H,19,20)/t12-,14+,15-/m0/s1. The van der Waals surface area contributed by atoms with Crippen molar-refractivity contribution in [1.82, 2.24) is 10.6 Å². The minimum absolute atomic E-state index is 0.0203. The molecule has 1 aliphatic heterocycles. The highest BCUT2D eigenvalue weighted by atomic mass is 16.5. The smallest absolute Gasteiger partial charge is 0.310 e. The summed E-state index contributed by atoms with van der Waals surface area (Å²) in [5, 5.41) is 6.26. The first-order valence-electron chi connectivity index (χ1n) is 7.88. The first kappa shape index (κ1) is 15.0. The molecule has 2 aliphatic rings. The molecule has 0 saturated carbocycles. The van der Waals surface area contributed by atoms with Gasteiger partial charge >= 0.3 is 5.97 Å². The van der Waals surface area contributed by atoms with E-state index in [1.54, 1.807) is 0 Å². The summed E-state index contributed by atoms with van der Waals surface area (Å²) in [5.74, 6) is -0.488. The predicted octanol–water partition coefficient (Wildman–Crippen LogP) is 1.33. The van der Waals surface area contributed by atoms with Gasteiger partial charge in [0.05, 0.1) is 25.1 Å². The van der Waals surface area contributed by atoms with Crippen molar-refractivity contribution >= 4 is 11.9 Å². The van der Waals surface area contributed by atoms with Crippen molar-refractivity contribution in [2.75, 3.05) is 13.7 Å². The lowest BCUT2D eigenvalue weighted by Crippen LogP contribution is -2.42. The number of esters is 1. The van der Waals surface area contributed by atoms with Gasteiger partial charge in [-0.1, -0.05) is 24.3 Å². The minimum atomic E-state index is -0.307. The van der Waals surface area contributed by atoms with Gasteiger partial charge in [-0.15, -0.1) is 0 Å². The molecular weight excluding hydrogens is 280 g/mol. The minimum Gasteiger partial charge on any atom is -0.469 e. The van der Waals surface area contributed by atoms with Gasteiger partial charge in [0.15, 0.2) is 0 Å². The number of methoxy groups -OCH3 is 1. The van der Waals surface area contributed by atoms with Crippen LogP contribution in [0.1, 0.15) is 36.4 Å². The lowest BCUT2D eigenvalue weighted by atomic mass is 9.87. The Kier molecular flexibility index (Phi) is 4.43. The zero-order valence-corrected chi connectivity index (χ0v) is 12.8. The van der Waals surface area contributed by atoms with Gasteiger partial charge in [-0.05, 0) is 36.8 Å². The Hall–Kier alpha value is -1.88. The summed E-state index contributed by atoms with van der Waals surface area (Å²) in [7, 11) is 1.38. The zero-order chi connectivity index (χ0) is 15.5. The highest BCUT2D eigenvalue weighted by Crippen LogP contribution is 2.29. The van der Waals surface area contributed by atoms with Gasteiger partial charge < -0.3 is 15.4 Å². The normalized spacial score (nSPS) is 27.0. The Balaban J connectivity index is 1.63. The molecule has 5 nitrogen and oxygen atoms in total. The second kappa shape index (κ2) is 6.48. The van der Waals surface area contributed by atoms with Crippen LogP contribution in [0.3, 0.4) is 0 Å². The van der Waals surface area contributed by atoms with E-state index in [9.17, 15) is 9.59 Å². The molecule has 0 spiro atoms. The van der Waals surface area contributed by atoms with Gasteiger partial charge in [0.2, 0.25) is 5.91 Å². The van der Waals surface area contributed by atoms with Crippen LogP contribution in [0.2, 0.25) is 0 Å². The highest BCUT2D eigenvalue weighted by Gasteiger charge is 2.35. The van der Waals surface area contributed by atoms with E-state index in [4.69, 9.17) is 4.74 Å². The fraction of sp³-hybridized carbons (Fsp3) is 0.529. The molecule has 5 heteroatoms. The number of fused-ring (bicyclic) bond motifs is 1. The van der Waals surface area contributed by atoms with Crippen LogP contribution >= 0.6 is 0 Å². The van der Waals surface area contributed by atoms with Crippen molar-refractivity contribution in [1.29, 1.82) is 0 Å². The first-order chi connectivity index (χ1) is 10.7. The number of nitrogens with one attached hydrogen (secondary N) is 2. The molecular formula is C17H22N2O3. The lowest BCUT2D eigenvalue weighted by molar-refractivity contribution is -0.144. The summed E-state index contributed by atoms with van der Waals surface area (Å²) < 4.78 is 4.75. The third-order valence-corrected chi connectivity index (χ3v) is 4.67. The number of rotatable bonds is 3. The molecule has 22 heavy (non-hydrogen) atoms. The van der Waals surface area contributed by atoms with E-state index < -0.39 is 0 Å². The summed E-state index contributed by atoms with van der Waals surface area (Å²) in [6, 6.07) is 8.06. The van der Waals surface area contributed by atoms with Crippen molar-refractivity contribution in [3.05, 3.63) is 35.4 Å². The van der Waals surface area contributed by atoms with Crippen molar-refractivity contribution in [2.24, 2.45) is 5.92 Å². The fourth-order valence-corrected chi connectivity index (χ4v) is 3.46. The average molecular weight is 302 g/mol. The summed E-state index contributed by atoms with van der Waals surface area (Å²) in [6.45, 7) is 0.506. The van der Waals surface area contributed by atoms with E-state index in [2.05, 4.69) is 22.8 Å². The molecule has 1 amide bonds. The topological polar surface area (TPSA) is 67.4 Å². The molecule has 2 N–H and O–H groups in total. The second-order valence-electron chi connectivity index (χ2n) is 6.07. The van der Waals surface area contributed by atoms with Crippen molar-refractivity contribution in [3.63, 3.8) is 0 Å². The van der Waals surface area contributed by atoms with Crippen molar-refractivity contribution in [2.45, 2.75) is 37.8 Å². The molecule has 3 atom stereocenters. The molecule has 0 radical (unpaired) electrons. The number of carbonyl (C=O) groups excluding carboxylic acids is 2. The molecule has 3 rings (SSSR count). The van der Waals surface area contributed by atoms with E-state index in [1.807, 2.05) is 12.1 Å². The van der Waals surface area contributed by atoms with E-state index in [-0.39, 0.29) is 29.9 Å². The van der Waals surface area contributed by atoms with Crippen LogP contribution in [0, 0.1) is 5.92 Å². The third kappa shape index (κ3) is 2.99. The van der Waals surface area contributed by atoms with Gasteiger partial charge in [0.1, 0.15) is 0 Å². The number of hydrogen-bond acceptors (Lipinski definition) is 4. The van der Waals surface area contributed by atoms with Gasteiger partial charge in [-0.3, -0.25) is 9.59 Å². The number of ether oxygens (including phenoxy) is 1. The summed E-state index contributed by atoms with van der Waals surface area (Å²) >= 11 is 0. The number of carbonyl (C=O) groups is 2. The molecule has 1 aromatic carbocycles. The molecule has 1 fully saturated rings. The van der Waals surface area contributed by atoms with Crippen LogP contribution in [0.15, 0.2) is 24.3 Å². The summed E-state index contributed by atoms with van der Waals surface area (Å²) in [4.78, 5) is 24.0. The number of benzene rings is 1. The quantitative estimate of drug-likeness (QED) is 0.827. The molecule has 0 aromatic heterocycles. The molecule has 1 aromatic rings. The van der Waals surface area contributed by atoms with Crippen molar-refractivity contribution in [3.8, 4) is 0 Å². The summed E-state index contributed by atoms with van der Waals surface area (Å²) in [6.07, 6.45) is 3.64. The number of amides is 1.